The molecule has 2 aromatic heterocycles. The summed E-state index contributed by atoms with van der Waals surface area (Å²) < 4.78 is 5.01. The quantitative estimate of drug-likeness (QED) is 0.805. The maximum atomic E-state index is 4.15. The molecule has 2 heterocycles. The number of hydrogen-bond acceptors (Lipinski definition) is 4. The summed E-state index contributed by atoms with van der Waals surface area (Å²) in [5.41, 5.74) is 0. The van der Waals surface area contributed by atoms with Crippen molar-refractivity contribution in [2.75, 3.05) is 0 Å². The molecule has 0 atom stereocenters. The van der Waals surface area contributed by atoms with Gasteiger partial charge in [-0.05, 0) is 34.1 Å². The van der Waals surface area contributed by atoms with Gasteiger partial charge in [0.1, 0.15) is 0 Å². The monoisotopic (exact) mass is 278 g/mol. The number of nitrogens with zero attached hydrogens (tertiary/aromatic N) is 3. The number of aromatic nitrogens is 4. The van der Waals surface area contributed by atoms with E-state index in [2.05, 4.69) is 41.9 Å². The minimum atomic E-state index is 0.671. The summed E-state index contributed by atoms with van der Waals surface area (Å²) in [6.45, 7) is 0. The molecule has 2 aromatic rings. The molecular weight excluding hydrogens is 275 g/mol. The molecule has 56 valence electrons. The number of rotatable bonds is 1. The van der Waals surface area contributed by atoms with E-state index in [1.807, 2.05) is 0 Å². The summed E-state index contributed by atoms with van der Waals surface area (Å²) in [5, 5.41) is 0. The lowest BCUT2D eigenvalue weighted by Gasteiger charge is -1.82. The van der Waals surface area contributed by atoms with Crippen LogP contribution in [-0.2, 0) is 0 Å². The lowest BCUT2D eigenvalue weighted by atomic mass is 10.6. The molecule has 0 radical (unpaired) electrons. The van der Waals surface area contributed by atoms with Crippen LogP contribution in [0.5, 0.6) is 0 Å². The Morgan fingerprint density at radius 1 is 1.55 bits per heavy atom. The predicted molar refractivity (Wildman–Crippen MR) is 50.2 cm³/mol. The molecule has 0 saturated carbocycles. The molecule has 0 aliphatic heterocycles. The Kier molecular flexibility index (Phi) is 1.86. The Bertz CT molecular complexity index is 341. The normalized spacial score (nSPS) is 10.3. The van der Waals surface area contributed by atoms with Crippen LogP contribution >= 0.6 is 34.1 Å². The summed E-state index contributed by atoms with van der Waals surface area (Å²) >= 11 is 3.50. The molecule has 0 amide bonds. The fourth-order valence-corrected chi connectivity index (χ4v) is 1.63. The summed E-state index contributed by atoms with van der Waals surface area (Å²) in [5.74, 6) is 1.40. The molecule has 0 spiro atoms. The third-order valence-electron chi connectivity index (χ3n) is 1.11. The average molecular weight is 278 g/mol. The first-order valence-electron chi connectivity index (χ1n) is 2.85. The zero-order valence-corrected chi connectivity index (χ0v) is 8.26. The van der Waals surface area contributed by atoms with Gasteiger partial charge in [-0.3, -0.25) is 0 Å². The highest BCUT2D eigenvalue weighted by atomic mass is 127. The van der Waals surface area contributed by atoms with Gasteiger partial charge in [0.25, 0.3) is 0 Å². The number of halogens is 1. The number of nitrogens with one attached hydrogen (secondary N) is 1. The Labute approximate surface area is 80.4 Å². The number of H-pyrrole nitrogens is 1. The van der Waals surface area contributed by atoms with Crippen LogP contribution in [0.3, 0.4) is 0 Å². The smallest absolute Gasteiger partial charge is 0.209 e. The zero-order valence-electron chi connectivity index (χ0n) is 5.28. The number of imidazole rings is 1. The van der Waals surface area contributed by atoms with E-state index >= 15 is 0 Å². The molecule has 11 heavy (non-hydrogen) atoms. The molecule has 2 rings (SSSR count). The molecular formula is C5H3IN4S. The first-order chi connectivity index (χ1) is 5.36. The van der Waals surface area contributed by atoms with E-state index in [1.165, 1.54) is 11.5 Å². The predicted octanol–water partition coefficient (Wildman–Crippen LogP) is 1.53. The maximum Gasteiger partial charge on any atom is 0.209 e. The molecule has 0 aliphatic rings. The van der Waals surface area contributed by atoms with Crippen LogP contribution in [0.1, 0.15) is 0 Å². The lowest BCUT2D eigenvalue weighted by molar-refractivity contribution is 1.20. The van der Waals surface area contributed by atoms with E-state index in [1.54, 1.807) is 12.4 Å². The Morgan fingerprint density at radius 2 is 2.45 bits per heavy atom. The van der Waals surface area contributed by atoms with Crippen molar-refractivity contribution in [1.29, 1.82) is 0 Å². The standard InChI is InChI=1S/C5H3IN4S/c6-5-9-4(10-11-5)3-7-1-2-8-3/h1-2H,(H,7,8). The van der Waals surface area contributed by atoms with E-state index in [-0.39, 0.29) is 0 Å². The van der Waals surface area contributed by atoms with Gasteiger partial charge in [0, 0.05) is 12.4 Å². The molecule has 0 aromatic carbocycles. The van der Waals surface area contributed by atoms with Gasteiger partial charge in [0.05, 0.1) is 0 Å². The average Bonchev–Trinajstić information content (AvgIpc) is 2.55. The SMILES string of the molecule is Ic1nc(-c2ncc[nH]2)ns1. The third-order valence-corrected chi connectivity index (χ3v) is 2.45. The zero-order chi connectivity index (χ0) is 7.68. The van der Waals surface area contributed by atoms with E-state index < -0.39 is 0 Å². The van der Waals surface area contributed by atoms with Crippen LogP contribution in [0, 0.1) is 3.01 Å². The second-order valence-electron chi connectivity index (χ2n) is 1.81. The highest BCUT2D eigenvalue weighted by molar-refractivity contribution is 14.1. The van der Waals surface area contributed by atoms with Crippen LogP contribution in [0.2, 0.25) is 0 Å². The van der Waals surface area contributed by atoms with Crippen molar-refractivity contribution in [3.05, 3.63) is 15.4 Å². The van der Waals surface area contributed by atoms with Gasteiger partial charge in [-0.15, -0.1) is 0 Å². The van der Waals surface area contributed by atoms with Crippen molar-refractivity contribution in [3.63, 3.8) is 0 Å². The van der Waals surface area contributed by atoms with E-state index in [4.69, 9.17) is 0 Å². The Balaban J connectivity index is 2.45. The van der Waals surface area contributed by atoms with Gasteiger partial charge in [-0.25, -0.2) is 9.97 Å². The van der Waals surface area contributed by atoms with Crippen LogP contribution in [0.15, 0.2) is 12.4 Å². The molecule has 6 heteroatoms. The molecule has 0 fully saturated rings. The first kappa shape index (κ1) is 7.17. The van der Waals surface area contributed by atoms with Gasteiger partial charge >= 0.3 is 0 Å². The van der Waals surface area contributed by atoms with Crippen molar-refractivity contribution in [2.45, 2.75) is 0 Å². The summed E-state index contributed by atoms with van der Waals surface area (Å²) in [6, 6.07) is 0. The van der Waals surface area contributed by atoms with Crippen molar-refractivity contribution < 1.29 is 0 Å². The van der Waals surface area contributed by atoms with Crippen LogP contribution in [-0.4, -0.2) is 19.3 Å². The molecule has 0 saturated heterocycles. The second-order valence-corrected chi connectivity index (χ2v) is 4.31. The van der Waals surface area contributed by atoms with Crippen molar-refractivity contribution in [3.8, 4) is 11.6 Å². The maximum absolute atomic E-state index is 4.15. The highest BCUT2D eigenvalue weighted by Crippen LogP contribution is 2.14. The van der Waals surface area contributed by atoms with Gasteiger partial charge in [0.2, 0.25) is 5.82 Å². The molecule has 0 aliphatic carbocycles. The molecule has 0 bridgehead atoms. The van der Waals surface area contributed by atoms with E-state index in [0.717, 1.165) is 8.84 Å². The number of aromatic amines is 1. The lowest BCUT2D eigenvalue weighted by Crippen LogP contribution is -1.81. The largest absolute Gasteiger partial charge is 0.342 e. The Morgan fingerprint density at radius 3 is 3.00 bits per heavy atom. The summed E-state index contributed by atoms with van der Waals surface area (Å²) in [4.78, 5) is 11.1. The van der Waals surface area contributed by atoms with Crippen LogP contribution in [0.25, 0.3) is 11.6 Å². The van der Waals surface area contributed by atoms with Gasteiger partial charge in [0.15, 0.2) is 8.84 Å². The summed E-state index contributed by atoms with van der Waals surface area (Å²) in [6.07, 6.45) is 3.44. The van der Waals surface area contributed by atoms with Crippen molar-refractivity contribution in [1.82, 2.24) is 19.3 Å². The van der Waals surface area contributed by atoms with Crippen molar-refractivity contribution in [2.24, 2.45) is 0 Å². The summed E-state index contributed by atoms with van der Waals surface area (Å²) in [7, 11) is 0. The molecule has 0 unspecified atom stereocenters. The van der Waals surface area contributed by atoms with Gasteiger partial charge in [-0.2, -0.15) is 4.37 Å². The fraction of sp³-hybridized carbons (Fsp3) is 0. The van der Waals surface area contributed by atoms with Crippen molar-refractivity contribution >= 4 is 34.1 Å². The number of hydrogen-bond donors (Lipinski definition) is 1. The van der Waals surface area contributed by atoms with E-state index in [0.29, 0.717) is 5.82 Å². The third kappa shape index (κ3) is 1.41. The molecule has 4 nitrogen and oxygen atoms in total. The van der Waals surface area contributed by atoms with Crippen LogP contribution in [0.4, 0.5) is 0 Å². The minimum Gasteiger partial charge on any atom is -0.342 e. The van der Waals surface area contributed by atoms with E-state index in [9.17, 15) is 0 Å². The first-order valence-corrected chi connectivity index (χ1v) is 4.70. The Hall–Kier alpha value is -0.500. The van der Waals surface area contributed by atoms with Gasteiger partial charge < -0.3 is 4.98 Å². The second kappa shape index (κ2) is 2.86. The molecule has 1 N–H and O–H groups in total. The van der Waals surface area contributed by atoms with Gasteiger partial charge in [-0.1, -0.05) is 0 Å². The topological polar surface area (TPSA) is 54.5 Å². The fourth-order valence-electron chi connectivity index (χ4n) is 0.689. The van der Waals surface area contributed by atoms with Crippen LogP contribution < -0.4 is 0 Å². The highest BCUT2D eigenvalue weighted by Gasteiger charge is 2.05. The minimum absolute atomic E-state index is 0.671.